The monoisotopic (exact) mass is 353 g/mol. The molecule has 0 saturated carbocycles. The van der Waals surface area contributed by atoms with Gasteiger partial charge in [-0.1, -0.05) is 13.3 Å². The molecule has 3 N–H and O–H groups in total. The van der Waals surface area contributed by atoms with E-state index in [4.69, 9.17) is 5.73 Å². The molecule has 3 amide bonds. The molecule has 7 heteroatoms. The zero-order valence-corrected chi connectivity index (χ0v) is 15.0. The van der Waals surface area contributed by atoms with Crippen LogP contribution in [0.25, 0.3) is 0 Å². The van der Waals surface area contributed by atoms with Crippen molar-refractivity contribution < 1.29 is 14.4 Å². The minimum Gasteiger partial charge on any atom is -0.324 e. The Balaban J connectivity index is 0.00000288. The van der Waals surface area contributed by atoms with E-state index < -0.39 is 5.54 Å². The second-order valence-corrected chi connectivity index (χ2v) is 6.25. The van der Waals surface area contributed by atoms with Crippen LogP contribution in [0.5, 0.6) is 0 Å². The smallest absolute Gasteiger partial charge is 0.244 e. The molecule has 6 nitrogen and oxygen atoms in total. The molecule has 0 aliphatic carbocycles. The summed E-state index contributed by atoms with van der Waals surface area (Å²) < 4.78 is 0. The van der Waals surface area contributed by atoms with E-state index in [9.17, 15) is 14.4 Å². The number of rotatable bonds is 5. The Labute approximate surface area is 148 Å². The van der Waals surface area contributed by atoms with Gasteiger partial charge in [0.1, 0.15) is 0 Å². The van der Waals surface area contributed by atoms with Crippen molar-refractivity contribution in [2.45, 2.75) is 52.0 Å². The van der Waals surface area contributed by atoms with Gasteiger partial charge in [-0.05, 0) is 44.0 Å². The van der Waals surface area contributed by atoms with Crippen LogP contribution in [0.4, 0.5) is 11.4 Å². The van der Waals surface area contributed by atoms with Crippen LogP contribution in [0, 0.1) is 6.92 Å². The van der Waals surface area contributed by atoms with E-state index in [2.05, 4.69) is 5.32 Å². The van der Waals surface area contributed by atoms with Gasteiger partial charge in [0.25, 0.3) is 0 Å². The summed E-state index contributed by atoms with van der Waals surface area (Å²) >= 11 is 0. The van der Waals surface area contributed by atoms with E-state index in [1.165, 1.54) is 4.90 Å². The third-order valence-corrected chi connectivity index (χ3v) is 4.04. The third-order valence-electron chi connectivity index (χ3n) is 4.04. The van der Waals surface area contributed by atoms with E-state index in [1.54, 1.807) is 32.0 Å². The minimum atomic E-state index is -0.928. The van der Waals surface area contributed by atoms with Crippen molar-refractivity contribution in [3.05, 3.63) is 23.8 Å². The molecule has 2 rings (SSSR count). The molecule has 1 unspecified atom stereocenters. The number of nitrogens with zero attached hydrogens (tertiary/aromatic N) is 1. The Morgan fingerprint density at radius 2 is 1.88 bits per heavy atom. The molecular formula is C17H24ClN3O3. The summed E-state index contributed by atoms with van der Waals surface area (Å²) in [5.74, 6) is -0.625. The van der Waals surface area contributed by atoms with Crippen LogP contribution in [0.2, 0.25) is 0 Å². The summed E-state index contributed by atoms with van der Waals surface area (Å²) in [5, 5.41) is 2.80. The molecule has 1 fully saturated rings. The zero-order chi connectivity index (χ0) is 17.2. The molecule has 1 aromatic carbocycles. The highest BCUT2D eigenvalue weighted by molar-refractivity contribution is 6.20. The average molecular weight is 354 g/mol. The fraction of sp³-hybridized carbons (Fsp3) is 0.471. The predicted octanol–water partition coefficient (Wildman–Crippen LogP) is 2.53. The van der Waals surface area contributed by atoms with E-state index in [0.29, 0.717) is 17.8 Å². The van der Waals surface area contributed by atoms with Gasteiger partial charge >= 0.3 is 0 Å². The molecule has 1 aliphatic heterocycles. The maximum Gasteiger partial charge on any atom is 0.244 e. The van der Waals surface area contributed by atoms with E-state index >= 15 is 0 Å². The highest BCUT2D eigenvalue weighted by Gasteiger charge is 2.31. The molecule has 0 spiro atoms. The van der Waals surface area contributed by atoms with Crippen molar-refractivity contribution >= 4 is 41.5 Å². The van der Waals surface area contributed by atoms with Crippen molar-refractivity contribution in [1.29, 1.82) is 0 Å². The topological polar surface area (TPSA) is 92.5 Å². The lowest BCUT2D eigenvalue weighted by atomic mass is 9.96. The Kier molecular flexibility index (Phi) is 6.51. The molecule has 0 radical (unpaired) electrons. The number of benzene rings is 1. The minimum absolute atomic E-state index is 0. The van der Waals surface area contributed by atoms with Crippen LogP contribution in [-0.4, -0.2) is 23.3 Å². The molecule has 1 saturated heterocycles. The first kappa shape index (κ1) is 20.1. The highest BCUT2D eigenvalue weighted by Crippen LogP contribution is 2.28. The van der Waals surface area contributed by atoms with Crippen molar-refractivity contribution in [3.63, 3.8) is 0 Å². The number of nitrogens with one attached hydrogen (secondary N) is 1. The summed E-state index contributed by atoms with van der Waals surface area (Å²) in [6, 6.07) is 5.11. The number of amides is 3. The van der Waals surface area contributed by atoms with Crippen LogP contribution in [-0.2, 0) is 14.4 Å². The van der Waals surface area contributed by atoms with Gasteiger partial charge in [0.05, 0.1) is 11.2 Å². The van der Waals surface area contributed by atoms with Crippen molar-refractivity contribution in [1.82, 2.24) is 0 Å². The fourth-order valence-corrected chi connectivity index (χ4v) is 2.74. The van der Waals surface area contributed by atoms with Gasteiger partial charge in [-0.15, -0.1) is 12.4 Å². The largest absolute Gasteiger partial charge is 0.324 e. The number of carbonyl (C=O) groups is 3. The molecular weight excluding hydrogens is 330 g/mol. The first-order valence-corrected chi connectivity index (χ1v) is 7.83. The highest BCUT2D eigenvalue weighted by atomic mass is 35.5. The standard InChI is InChI=1S/C17H23N3O3.ClH/c1-4-9-17(3,18)16(23)19-12-5-6-13(11(2)10-12)20-14(21)7-8-15(20)22;/h5-6,10H,4,7-9,18H2,1-3H3,(H,19,23);1H. The van der Waals surface area contributed by atoms with E-state index in [-0.39, 0.29) is 43.0 Å². The second kappa shape index (κ2) is 7.77. The van der Waals surface area contributed by atoms with Crippen LogP contribution in [0.15, 0.2) is 18.2 Å². The number of hydrogen-bond donors (Lipinski definition) is 2. The first-order chi connectivity index (χ1) is 10.8. The molecule has 24 heavy (non-hydrogen) atoms. The molecule has 1 aromatic rings. The lowest BCUT2D eigenvalue weighted by Crippen LogP contribution is -2.48. The van der Waals surface area contributed by atoms with Gasteiger partial charge in [-0.25, -0.2) is 0 Å². The Hall–Kier alpha value is -1.92. The van der Waals surface area contributed by atoms with Gasteiger partial charge in [-0.2, -0.15) is 0 Å². The molecule has 0 bridgehead atoms. The SMILES string of the molecule is CCCC(C)(N)C(=O)Nc1ccc(N2C(=O)CCC2=O)c(C)c1.Cl. The Morgan fingerprint density at radius 3 is 2.38 bits per heavy atom. The normalized spacial score (nSPS) is 16.6. The fourth-order valence-electron chi connectivity index (χ4n) is 2.74. The number of halogens is 1. The Morgan fingerprint density at radius 1 is 1.29 bits per heavy atom. The van der Waals surface area contributed by atoms with Crippen molar-refractivity contribution in [3.8, 4) is 0 Å². The molecule has 1 heterocycles. The average Bonchev–Trinajstić information content (AvgIpc) is 2.79. The molecule has 0 aromatic heterocycles. The van der Waals surface area contributed by atoms with Gasteiger partial charge < -0.3 is 11.1 Å². The lowest BCUT2D eigenvalue weighted by molar-refractivity contribution is -0.122. The molecule has 1 atom stereocenters. The lowest BCUT2D eigenvalue weighted by Gasteiger charge is -2.23. The van der Waals surface area contributed by atoms with E-state index in [0.717, 1.165) is 12.0 Å². The van der Waals surface area contributed by atoms with Crippen LogP contribution in [0.3, 0.4) is 0 Å². The number of aryl methyl sites for hydroxylation is 1. The number of anilines is 2. The number of carbonyl (C=O) groups excluding carboxylic acids is 3. The van der Waals surface area contributed by atoms with Crippen LogP contribution < -0.4 is 16.0 Å². The zero-order valence-electron chi connectivity index (χ0n) is 14.2. The molecule has 1 aliphatic rings. The maximum atomic E-state index is 12.2. The third kappa shape index (κ3) is 4.13. The van der Waals surface area contributed by atoms with Crippen molar-refractivity contribution in [2.75, 3.05) is 10.2 Å². The summed E-state index contributed by atoms with van der Waals surface area (Å²) in [5.41, 5.74) is 7.00. The molecule has 132 valence electrons. The summed E-state index contributed by atoms with van der Waals surface area (Å²) in [6.45, 7) is 5.48. The van der Waals surface area contributed by atoms with Crippen molar-refractivity contribution in [2.24, 2.45) is 5.73 Å². The van der Waals surface area contributed by atoms with Gasteiger partial charge in [0.2, 0.25) is 17.7 Å². The predicted molar refractivity (Wildman–Crippen MR) is 96.3 cm³/mol. The summed E-state index contributed by atoms with van der Waals surface area (Å²) in [4.78, 5) is 37.1. The number of hydrogen-bond acceptors (Lipinski definition) is 4. The van der Waals surface area contributed by atoms with Gasteiger partial charge in [0, 0.05) is 18.5 Å². The van der Waals surface area contributed by atoms with Gasteiger partial charge in [-0.3, -0.25) is 19.3 Å². The number of nitrogens with two attached hydrogens (primary N) is 1. The van der Waals surface area contributed by atoms with Crippen LogP contribution >= 0.6 is 12.4 Å². The Bertz CT molecular complexity index is 642. The summed E-state index contributed by atoms with van der Waals surface area (Å²) in [6.07, 6.45) is 1.91. The van der Waals surface area contributed by atoms with Gasteiger partial charge in [0.15, 0.2) is 0 Å². The van der Waals surface area contributed by atoms with Crippen LogP contribution in [0.1, 0.15) is 45.1 Å². The second-order valence-electron chi connectivity index (χ2n) is 6.25. The summed E-state index contributed by atoms with van der Waals surface area (Å²) in [7, 11) is 0. The quantitative estimate of drug-likeness (QED) is 0.795. The number of imide groups is 1. The maximum absolute atomic E-state index is 12.2. The first-order valence-electron chi connectivity index (χ1n) is 7.83. The van der Waals surface area contributed by atoms with E-state index in [1.807, 2.05) is 6.92 Å².